The van der Waals surface area contributed by atoms with E-state index in [4.69, 9.17) is 0 Å². The summed E-state index contributed by atoms with van der Waals surface area (Å²) in [6.07, 6.45) is 0.281. The summed E-state index contributed by atoms with van der Waals surface area (Å²) >= 11 is 0. The van der Waals surface area contributed by atoms with Crippen LogP contribution in [0.25, 0.3) is 0 Å². The van der Waals surface area contributed by atoms with Crippen LogP contribution in [0.1, 0.15) is 58.2 Å². The van der Waals surface area contributed by atoms with Gasteiger partial charge in [0, 0.05) is 11.6 Å². The molecule has 0 spiro atoms. The van der Waals surface area contributed by atoms with E-state index in [1.165, 1.54) is 4.90 Å². The molecule has 3 rings (SSSR count). The molecule has 6 nitrogen and oxygen atoms in total. The van der Waals surface area contributed by atoms with Gasteiger partial charge in [-0.3, -0.25) is 24.6 Å². The molecule has 28 heavy (non-hydrogen) atoms. The number of rotatable bonds is 4. The van der Waals surface area contributed by atoms with Crippen LogP contribution >= 0.6 is 0 Å². The van der Waals surface area contributed by atoms with Crippen molar-refractivity contribution in [1.29, 1.82) is 0 Å². The van der Waals surface area contributed by atoms with E-state index in [2.05, 4.69) is 5.32 Å². The average molecular weight is 386 g/mol. The molecule has 0 saturated carbocycles. The zero-order valence-corrected chi connectivity index (χ0v) is 17.4. The number of aryl methyl sites for hydroxylation is 1. The highest BCUT2D eigenvalue weighted by molar-refractivity contribution is 6.10. The summed E-state index contributed by atoms with van der Waals surface area (Å²) in [6, 6.07) is 7.13. The zero-order chi connectivity index (χ0) is 21.0. The molecule has 2 N–H and O–H groups in total. The number of amides is 2. The highest BCUT2D eigenvalue weighted by atomic mass is 16.4. The Kier molecular flexibility index (Phi) is 4.90. The third-order valence-electron chi connectivity index (χ3n) is 5.96. The topological polar surface area (TPSA) is 86.7 Å². The molecule has 2 amide bonds. The molecule has 0 radical (unpaired) electrons. The van der Waals surface area contributed by atoms with E-state index in [9.17, 15) is 19.5 Å². The lowest BCUT2D eigenvalue weighted by atomic mass is 9.75. The van der Waals surface area contributed by atoms with Gasteiger partial charge >= 0.3 is 5.97 Å². The fourth-order valence-electron chi connectivity index (χ4n) is 4.98. The van der Waals surface area contributed by atoms with Crippen LogP contribution in [0.15, 0.2) is 24.3 Å². The van der Waals surface area contributed by atoms with Crippen LogP contribution in [-0.4, -0.2) is 38.9 Å². The maximum atomic E-state index is 13.4. The van der Waals surface area contributed by atoms with Crippen molar-refractivity contribution in [3.05, 3.63) is 35.4 Å². The predicted octanol–water partition coefficient (Wildman–Crippen LogP) is 2.91. The summed E-state index contributed by atoms with van der Waals surface area (Å²) < 4.78 is 0. The third-order valence-corrected chi connectivity index (χ3v) is 5.96. The number of aliphatic carboxylic acids is 1. The number of carbonyl (C=O) groups is 3. The predicted molar refractivity (Wildman–Crippen MR) is 105 cm³/mol. The van der Waals surface area contributed by atoms with Gasteiger partial charge < -0.3 is 5.11 Å². The standard InChI is InChI=1S/C22H30N2O4/c1-12(2)11-22(20(27)28)16-15(18(25)24(19(16)26)21(4,5)6)17(23-22)14-10-8-7-9-13(14)3/h7-10,12,15-17,23H,11H2,1-6H3,(H,27,28). The van der Waals surface area contributed by atoms with Crippen LogP contribution in [-0.2, 0) is 14.4 Å². The first-order valence-corrected chi connectivity index (χ1v) is 9.86. The van der Waals surface area contributed by atoms with Crippen LogP contribution in [0.4, 0.5) is 0 Å². The second-order valence-corrected chi connectivity index (χ2v) is 9.54. The Morgan fingerprint density at radius 2 is 1.82 bits per heavy atom. The number of nitrogens with one attached hydrogen (secondary N) is 1. The molecule has 2 heterocycles. The van der Waals surface area contributed by atoms with Gasteiger partial charge in [-0.15, -0.1) is 0 Å². The van der Waals surface area contributed by atoms with Gasteiger partial charge in [-0.25, -0.2) is 0 Å². The summed E-state index contributed by atoms with van der Waals surface area (Å²) in [4.78, 5) is 40.6. The second-order valence-electron chi connectivity index (χ2n) is 9.54. The zero-order valence-electron chi connectivity index (χ0n) is 17.4. The molecule has 2 saturated heterocycles. The van der Waals surface area contributed by atoms with Crippen LogP contribution in [0.2, 0.25) is 0 Å². The molecule has 4 atom stereocenters. The normalized spacial score (nSPS) is 30.2. The van der Waals surface area contributed by atoms with Gasteiger partial charge in [-0.1, -0.05) is 38.1 Å². The average Bonchev–Trinajstić information content (AvgIpc) is 3.02. The Hall–Kier alpha value is -2.21. The lowest BCUT2D eigenvalue weighted by molar-refractivity contribution is -0.154. The van der Waals surface area contributed by atoms with Crippen molar-refractivity contribution in [3.63, 3.8) is 0 Å². The Bertz CT molecular complexity index is 826. The number of carboxylic acids is 1. The maximum absolute atomic E-state index is 13.4. The largest absolute Gasteiger partial charge is 0.480 e. The first-order chi connectivity index (χ1) is 12.9. The smallest absolute Gasteiger partial charge is 0.324 e. The molecule has 2 aliphatic heterocycles. The molecule has 0 aromatic heterocycles. The highest BCUT2D eigenvalue weighted by Crippen LogP contribution is 2.52. The summed E-state index contributed by atoms with van der Waals surface area (Å²) in [5.41, 5.74) is -0.310. The van der Waals surface area contributed by atoms with Gasteiger partial charge in [0.2, 0.25) is 11.8 Å². The molecular weight excluding hydrogens is 356 g/mol. The number of benzene rings is 1. The number of fused-ring (bicyclic) bond motifs is 1. The van der Waals surface area contributed by atoms with E-state index < -0.39 is 34.9 Å². The first kappa shape index (κ1) is 20.5. The lowest BCUT2D eigenvalue weighted by Gasteiger charge is -2.36. The minimum atomic E-state index is -1.46. The molecule has 1 aromatic carbocycles. The summed E-state index contributed by atoms with van der Waals surface area (Å²) in [6.45, 7) is 11.2. The Morgan fingerprint density at radius 1 is 1.21 bits per heavy atom. The summed E-state index contributed by atoms with van der Waals surface area (Å²) in [5, 5.41) is 13.5. The summed E-state index contributed by atoms with van der Waals surface area (Å²) in [5.74, 6) is -3.31. The van der Waals surface area contributed by atoms with Crippen LogP contribution in [0.5, 0.6) is 0 Å². The van der Waals surface area contributed by atoms with Crippen LogP contribution in [0.3, 0.4) is 0 Å². The van der Waals surface area contributed by atoms with Gasteiger partial charge in [0.1, 0.15) is 5.54 Å². The van der Waals surface area contributed by atoms with Gasteiger partial charge in [0.05, 0.1) is 11.8 Å². The van der Waals surface area contributed by atoms with Crippen molar-refractivity contribution in [2.75, 3.05) is 0 Å². The number of hydrogen-bond donors (Lipinski definition) is 2. The fourth-order valence-corrected chi connectivity index (χ4v) is 4.98. The number of nitrogens with zero attached hydrogens (tertiary/aromatic N) is 1. The van der Waals surface area contributed by atoms with E-state index in [0.29, 0.717) is 0 Å². The first-order valence-electron chi connectivity index (χ1n) is 9.86. The fraction of sp³-hybridized carbons (Fsp3) is 0.591. The van der Waals surface area contributed by atoms with Gasteiger partial charge in [-0.05, 0) is 51.2 Å². The minimum absolute atomic E-state index is 0.0476. The van der Waals surface area contributed by atoms with Crippen molar-refractivity contribution in [1.82, 2.24) is 10.2 Å². The number of imide groups is 1. The van der Waals surface area contributed by atoms with E-state index in [1.807, 2.05) is 65.8 Å². The van der Waals surface area contributed by atoms with E-state index in [0.717, 1.165) is 11.1 Å². The van der Waals surface area contributed by atoms with Gasteiger partial charge in [0.25, 0.3) is 0 Å². The molecule has 2 fully saturated rings. The Labute approximate surface area is 166 Å². The van der Waals surface area contributed by atoms with Crippen molar-refractivity contribution in [3.8, 4) is 0 Å². The molecule has 1 aromatic rings. The Balaban J connectivity index is 2.21. The Morgan fingerprint density at radius 3 is 2.32 bits per heavy atom. The summed E-state index contributed by atoms with van der Waals surface area (Å²) in [7, 11) is 0. The SMILES string of the molecule is Cc1ccccc1C1NC(CC(C)C)(C(=O)O)C2C(=O)N(C(C)(C)C)C(=O)C12. The van der Waals surface area contributed by atoms with Crippen LogP contribution in [0, 0.1) is 24.7 Å². The van der Waals surface area contributed by atoms with Crippen molar-refractivity contribution in [2.24, 2.45) is 17.8 Å². The monoisotopic (exact) mass is 386 g/mol. The molecule has 0 bridgehead atoms. The van der Waals surface area contributed by atoms with Crippen molar-refractivity contribution < 1.29 is 19.5 Å². The molecular formula is C22H30N2O4. The molecule has 6 heteroatoms. The van der Waals surface area contributed by atoms with Gasteiger partial charge in [0.15, 0.2) is 0 Å². The molecule has 152 valence electrons. The highest BCUT2D eigenvalue weighted by Gasteiger charge is 2.69. The molecule has 0 aliphatic carbocycles. The second kappa shape index (κ2) is 6.69. The quantitative estimate of drug-likeness (QED) is 0.777. The number of hydrogen-bond acceptors (Lipinski definition) is 4. The van der Waals surface area contributed by atoms with Crippen LogP contribution < -0.4 is 5.32 Å². The van der Waals surface area contributed by atoms with E-state index in [-0.39, 0.29) is 24.2 Å². The minimum Gasteiger partial charge on any atom is -0.480 e. The van der Waals surface area contributed by atoms with Crippen molar-refractivity contribution in [2.45, 2.75) is 65.1 Å². The lowest BCUT2D eigenvalue weighted by Crippen LogP contribution is -2.58. The van der Waals surface area contributed by atoms with Gasteiger partial charge in [-0.2, -0.15) is 0 Å². The van der Waals surface area contributed by atoms with E-state index >= 15 is 0 Å². The molecule has 2 aliphatic rings. The maximum Gasteiger partial charge on any atom is 0.324 e. The number of carboxylic acid groups (broad SMARTS) is 1. The third kappa shape index (κ3) is 2.94. The van der Waals surface area contributed by atoms with Crippen molar-refractivity contribution >= 4 is 17.8 Å². The number of carbonyl (C=O) groups excluding carboxylic acids is 2. The molecule has 4 unspecified atom stereocenters. The number of likely N-dealkylation sites (tertiary alicyclic amines) is 1. The van der Waals surface area contributed by atoms with E-state index in [1.54, 1.807) is 0 Å².